The minimum atomic E-state index is -3.79. The van der Waals surface area contributed by atoms with Gasteiger partial charge in [0.1, 0.15) is 10.3 Å². The van der Waals surface area contributed by atoms with Gasteiger partial charge in [0.05, 0.1) is 21.2 Å². The molecule has 1 aromatic carbocycles. The number of sulfonamides is 1. The van der Waals surface area contributed by atoms with Crippen LogP contribution in [0.1, 0.15) is 12.8 Å². The number of thiophene rings is 1. The number of fused-ring (bicyclic) bond motifs is 1. The van der Waals surface area contributed by atoms with Crippen molar-refractivity contribution in [3.63, 3.8) is 0 Å². The molecule has 1 fully saturated rings. The van der Waals surface area contributed by atoms with E-state index in [2.05, 4.69) is 4.99 Å². The molecule has 0 aliphatic carbocycles. The quantitative estimate of drug-likeness (QED) is 0.536. The third kappa shape index (κ3) is 4.12. The lowest BCUT2D eigenvalue weighted by atomic mass is 10.2. The Balaban J connectivity index is 1.70. The molecule has 0 radical (unpaired) electrons. The first-order valence-electron chi connectivity index (χ1n) is 9.35. The van der Waals surface area contributed by atoms with E-state index >= 15 is 0 Å². The minimum absolute atomic E-state index is 0.143. The van der Waals surface area contributed by atoms with Gasteiger partial charge in [-0.3, -0.25) is 4.79 Å². The average molecular weight is 486 g/mol. The number of aromatic nitrogens is 1. The molecule has 3 aromatic rings. The summed E-state index contributed by atoms with van der Waals surface area (Å²) in [5.41, 5.74) is 0.968. The van der Waals surface area contributed by atoms with Crippen LogP contribution in [-0.2, 0) is 26.1 Å². The van der Waals surface area contributed by atoms with Gasteiger partial charge >= 0.3 is 0 Å². The topological polar surface area (TPSA) is 81.0 Å². The van der Waals surface area contributed by atoms with Gasteiger partial charge < -0.3 is 9.30 Å². The van der Waals surface area contributed by atoms with Crippen molar-refractivity contribution in [2.24, 2.45) is 4.99 Å². The van der Waals surface area contributed by atoms with E-state index in [1.54, 1.807) is 13.2 Å². The molecule has 160 valence electrons. The zero-order valence-corrected chi connectivity index (χ0v) is 19.4. The molecule has 4 rings (SSSR count). The number of carbonyl (C=O) groups excluding carboxylic acids is 1. The van der Waals surface area contributed by atoms with Crippen LogP contribution in [0.2, 0.25) is 4.34 Å². The fourth-order valence-corrected chi connectivity index (χ4v) is 7.82. The molecule has 11 heteroatoms. The zero-order chi connectivity index (χ0) is 21.3. The number of halogens is 1. The number of hydrogen-bond acceptors (Lipinski definition) is 6. The van der Waals surface area contributed by atoms with Crippen LogP contribution in [0.3, 0.4) is 0 Å². The summed E-state index contributed by atoms with van der Waals surface area (Å²) in [4.78, 5) is 18.0. The number of carbonyl (C=O) groups is 1. The number of para-hydroxylation sites is 1. The molecule has 0 saturated carbocycles. The lowest BCUT2D eigenvalue weighted by Crippen LogP contribution is -2.40. The second-order valence-electron chi connectivity index (χ2n) is 6.78. The molecular formula is C19H20ClN3O4S3. The van der Waals surface area contributed by atoms with E-state index in [0.29, 0.717) is 41.7 Å². The molecule has 1 unspecified atom stereocenters. The molecule has 0 bridgehead atoms. The normalized spacial score (nSPS) is 18.5. The van der Waals surface area contributed by atoms with Crippen LogP contribution < -0.4 is 4.80 Å². The molecule has 1 aliphatic heterocycles. The van der Waals surface area contributed by atoms with Gasteiger partial charge in [-0.25, -0.2) is 8.42 Å². The maximum absolute atomic E-state index is 13.1. The monoisotopic (exact) mass is 485 g/mol. The first-order valence-corrected chi connectivity index (χ1v) is 12.8. The Morgan fingerprint density at radius 2 is 2.07 bits per heavy atom. The average Bonchev–Trinajstić information content (AvgIpc) is 3.45. The van der Waals surface area contributed by atoms with E-state index in [9.17, 15) is 13.2 Å². The third-order valence-corrected chi connectivity index (χ3v) is 9.58. The molecule has 0 spiro atoms. The van der Waals surface area contributed by atoms with Gasteiger partial charge in [0, 0.05) is 20.2 Å². The lowest BCUT2D eigenvalue weighted by molar-refractivity contribution is -0.121. The summed E-state index contributed by atoms with van der Waals surface area (Å²) in [5, 5.41) is 0. The third-order valence-electron chi connectivity index (χ3n) is 4.91. The van der Waals surface area contributed by atoms with Gasteiger partial charge in [-0.1, -0.05) is 35.1 Å². The highest BCUT2D eigenvalue weighted by molar-refractivity contribution is 7.91. The van der Waals surface area contributed by atoms with Gasteiger partial charge in [-0.05, 0) is 37.1 Å². The highest BCUT2D eigenvalue weighted by Gasteiger charge is 2.40. The largest absolute Gasteiger partial charge is 0.383 e. The van der Waals surface area contributed by atoms with E-state index in [4.69, 9.17) is 16.3 Å². The van der Waals surface area contributed by atoms with Crippen molar-refractivity contribution in [1.82, 2.24) is 8.87 Å². The lowest BCUT2D eigenvalue weighted by Gasteiger charge is -2.20. The highest BCUT2D eigenvalue weighted by atomic mass is 35.5. The van der Waals surface area contributed by atoms with Crippen molar-refractivity contribution in [1.29, 1.82) is 0 Å². The Bertz CT molecular complexity index is 1250. The van der Waals surface area contributed by atoms with Gasteiger partial charge in [0.2, 0.25) is 0 Å². The smallest absolute Gasteiger partial charge is 0.266 e. The van der Waals surface area contributed by atoms with E-state index in [0.717, 1.165) is 21.6 Å². The number of thiazole rings is 1. The number of ether oxygens (including phenoxy) is 1. The molecule has 30 heavy (non-hydrogen) atoms. The predicted octanol–water partition coefficient (Wildman–Crippen LogP) is 3.34. The number of nitrogens with zero attached hydrogens (tertiary/aromatic N) is 3. The first-order chi connectivity index (χ1) is 14.4. The minimum Gasteiger partial charge on any atom is -0.383 e. The van der Waals surface area contributed by atoms with Crippen LogP contribution in [0.15, 0.2) is 45.6 Å². The number of rotatable bonds is 6. The standard InChI is InChI=1S/C19H20ClN3O4S3/c1-27-12-11-22-13-5-2-3-7-15(13)28-19(22)21-18(24)14-6-4-10-23(14)30(25,26)17-9-8-16(20)29-17/h2-3,5,7-9,14H,4,6,10-12H2,1H3. The second kappa shape index (κ2) is 8.89. The predicted molar refractivity (Wildman–Crippen MR) is 119 cm³/mol. The van der Waals surface area contributed by atoms with Crippen molar-refractivity contribution < 1.29 is 17.9 Å². The molecule has 2 aromatic heterocycles. The molecule has 1 atom stereocenters. The van der Waals surface area contributed by atoms with Gasteiger partial charge in [-0.2, -0.15) is 9.30 Å². The molecule has 1 aliphatic rings. The van der Waals surface area contributed by atoms with E-state index < -0.39 is 22.0 Å². The Labute approximate surface area is 187 Å². The summed E-state index contributed by atoms with van der Waals surface area (Å²) in [6.07, 6.45) is 1.06. The zero-order valence-electron chi connectivity index (χ0n) is 16.2. The first kappa shape index (κ1) is 21.7. The summed E-state index contributed by atoms with van der Waals surface area (Å²) in [7, 11) is -2.17. The van der Waals surface area contributed by atoms with Crippen LogP contribution in [0.25, 0.3) is 10.2 Å². The summed E-state index contributed by atoms with van der Waals surface area (Å²) in [5.74, 6) is -0.448. The van der Waals surface area contributed by atoms with Gasteiger partial charge in [0.15, 0.2) is 4.80 Å². The van der Waals surface area contributed by atoms with Crippen LogP contribution in [-0.4, -0.2) is 49.5 Å². The van der Waals surface area contributed by atoms with Crippen molar-refractivity contribution >= 4 is 60.4 Å². The summed E-state index contributed by atoms with van der Waals surface area (Å²) < 4.78 is 36.0. The fourth-order valence-electron chi connectivity index (χ4n) is 3.50. The Hall–Kier alpha value is -1.56. The van der Waals surface area contributed by atoms with Gasteiger partial charge in [0.25, 0.3) is 15.9 Å². The van der Waals surface area contributed by atoms with Gasteiger partial charge in [-0.15, -0.1) is 11.3 Å². The molecular weight excluding hydrogens is 466 g/mol. The second-order valence-corrected chi connectivity index (χ2v) is 11.6. The number of benzene rings is 1. The molecule has 1 saturated heterocycles. The molecule has 0 N–H and O–H groups in total. The SMILES string of the molecule is COCCn1c(=NC(=O)C2CCCN2S(=O)(=O)c2ccc(Cl)s2)sc2ccccc21. The van der Waals surface area contributed by atoms with Crippen LogP contribution in [0.5, 0.6) is 0 Å². The van der Waals surface area contributed by atoms with E-state index in [-0.39, 0.29) is 4.21 Å². The van der Waals surface area contributed by atoms with Crippen LogP contribution in [0, 0.1) is 0 Å². The van der Waals surface area contributed by atoms with E-state index in [1.807, 2.05) is 28.8 Å². The summed E-state index contributed by atoms with van der Waals surface area (Å²) >= 11 is 8.31. The fraction of sp³-hybridized carbons (Fsp3) is 0.368. The van der Waals surface area contributed by atoms with Crippen molar-refractivity contribution in [3.8, 4) is 0 Å². The number of amides is 1. The summed E-state index contributed by atoms with van der Waals surface area (Å²) in [6.45, 7) is 1.32. The van der Waals surface area contributed by atoms with Crippen LogP contribution in [0.4, 0.5) is 0 Å². The van der Waals surface area contributed by atoms with E-state index in [1.165, 1.54) is 21.7 Å². The Morgan fingerprint density at radius 1 is 1.27 bits per heavy atom. The summed E-state index contributed by atoms with van der Waals surface area (Å²) in [6, 6.07) is 10.0. The maximum atomic E-state index is 13.1. The van der Waals surface area contributed by atoms with Crippen molar-refractivity contribution in [2.75, 3.05) is 20.3 Å². The maximum Gasteiger partial charge on any atom is 0.266 e. The number of hydrogen-bond donors (Lipinski definition) is 0. The Kier molecular flexibility index (Phi) is 6.42. The van der Waals surface area contributed by atoms with Crippen molar-refractivity contribution in [2.45, 2.75) is 29.6 Å². The molecule has 7 nitrogen and oxygen atoms in total. The van der Waals surface area contributed by atoms with Crippen LogP contribution >= 0.6 is 34.3 Å². The number of methoxy groups -OCH3 is 1. The highest BCUT2D eigenvalue weighted by Crippen LogP contribution is 2.32. The van der Waals surface area contributed by atoms with Crippen molar-refractivity contribution in [3.05, 3.63) is 45.5 Å². The molecule has 3 heterocycles. The Morgan fingerprint density at radius 3 is 2.80 bits per heavy atom. The molecule has 1 amide bonds.